The normalized spacial score (nSPS) is 12.2. The molecule has 0 saturated carbocycles. The van der Waals surface area contributed by atoms with E-state index < -0.39 is 0 Å². The summed E-state index contributed by atoms with van der Waals surface area (Å²) in [6.07, 6.45) is 1.92. The molecule has 1 aromatic carbocycles. The van der Waals surface area contributed by atoms with Crippen molar-refractivity contribution >= 4 is 17.4 Å². The fraction of sp³-hybridized carbons (Fsp3) is 0.462. The zero-order valence-corrected chi connectivity index (χ0v) is 10.7. The predicted octanol–water partition coefficient (Wildman–Crippen LogP) is 3.97. The number of methoxy groups -OCH3 is 1. The van der Waals surface area contributed by atoms with Gasteiger partial charge in [-0.3, -0.25) is 4.79 Å². The maximum Gasteiger partial charge on any atom is 0.165 e. The van der Waals surface area contributed by atoms with E-state index in [9.17, 15) is 4.79 Å². The molecule has 0 amide bonds. The van der Waals surface area contributed by atoms with E-state index in [-0.39, 0.29) is 11.7 Å². The molecule has 0 spiro atoms. The summed E-state index contributed by atoms with van der Waals surface area (Å²) < 4.78 is 5.09. The molecule has 0 aliphatic carbocycles. The van der Waals surface area contributed by atoms with Crippen molar-refractivity contribution in [3.63, 3.8) is 0 Å². The van der Waals surface area contributed by atoms with Gasteiger partial charge in [-0.1, -0.05) is 31.9 Å². The van der Waals surface area contributed by atoms with Crippen LogP contribution in [0.15, 0.2) is 18.2 Å². The molecule has 1 rings (SSSR count). The van der Waals surface area contributed by atoms with E-state index in [4.69, 9.17) is 16.3 Å². The van der Waals surface area contributed by atoms with Crippen molar-refractivity contribution in [1.29, 1.82) is 0 Å². The van der Waals surface area contributed by atoms with Crippen molar-refractivity contribution in [2.24, 2.45) is 5.92 Å². The number of ketones is 1. The molecule has 0 aliphatic rings. The van der Waals surface area contributed by atoms with E-state index in [2.05, 4.69) is 6.92 Å². The third-order valence-corrected chi connectivity index (χ3v) is 2.92. The lowest BCUT2D eigenvalue weighted by Crippen LogP contribution is -2.11. The van der Waals surface area contributed by atoms with E-state index in [0.717, 1.165) is 12.8 Å². The quantitative estimate of drug-likeness (QED) is 0.728. The van der Waals surface area contributed by atoms with E-state index in [0.29, 0.717) is 16.3 Å². The van der Waals surface area contributed by atoms with Crippen molar-refractivity contribution in [3.05, 3.63) is 28.8 Å². The lowest BCUT2D eigenvalue weighted by molar-refractivity contribution is 0.0923. The Bertz CT molecular complexity index is 374. The van der Waals surface area contributed by atoms with Gasteiger partial charge in [0, 0.05) is 11.5 Å². The van der Waals surface area contributed by atoms with E-state index >= 15 is 0 Å². The molecule has 0 heterocycles. The Morgan fingerprint density at radius 2 is 2.19 bits per heavy atom. The van der Waals surface area contributed by atoms with E-state index in [1.807, 2.05) is 6.92 Å². The van der Waals surface area contributed by atoms with Crippen LogP contribution in [0.25, 0.3) is 0 Å². The highest BCUT2D eigenvalue weighted by Crippen LogP contribution is 2.26. The average molecular weight is 241 g/mol. The van der Waals surface area contributed by atoms with Crippen LogP contribution in [0.4, 0.5) is 0 Å². The van der Waals surface area contributed by atoms with Gasteiger partial charge in [0.2, 0.25) is 0 Å². The minimum Gasteiger partial charge on any atom is -0.495 e. The van der Waals surface area contributed by atoms with Gasteiger partial charge in [-0.05, 0) is 24.6 Å². The Hall–Kier alpha value is -1.02. The van der Waals surface area contributed by atoms with Crippen molar-refractivity contribution in [2.75, 3.05) is 7.11 Å². The summed E-state index contributed by atoms with van der Waals surface area (Å²) in [5.74, 6) is 0.754. The van der Waals surface area contributed by atoms with Crippen molar-refractivity contribution in [1.82, 2.24) is 0 Å². The summed E-state index contributed by atoms with van der Waals surface area (Å²) in [6.45, 7) is 4.03. The highest BCUT2D eigenvalue weighted by Gasteiger charge is 2.15. The second-order valence-electron chi connectivity index (χ2n) is 3.90. The standard InChI is InChI=1S/C13H17ClO2/c1-4-5-9(2)13(15)10-6-7-11(14)12(8-10)16-3/h6-9H,4-5H2,1-3H3. The molecular formula is C13H17ClO2. The second-order valence-corrected chi connectivity index (χ2v) is 4.31. The van der Waals surface area contributed by atoms with Gasteiger partial charge in [0.25, 0.3) is 0 Å². The number of carbonyl (C=O) groups is 1. The van der Waals surface area contributed by atoms with Gasteiger partial charge in [0.05, 0.1) is 12.1 Å². The average Bonchev–Trinajstić information content (AvgIpc) is 2.29. The number of halogens is 1. The number of Topliss-reactive ketones (excluding diaryl/α,β-unsaturated/α-hetero) is 1. The summed E-state index contributed by atoms with van der Waals surface area (Å²) in [7, 11) is 1.55. The maximum atomic E-state index is 12.0. The van der Waals surface area contributed by atoms with E-state index in [1.165, 1.54) is 0 Å². The topological polar surface area (TPSA) is 26.3 Å². The molecule has 3 heteroatoms. The van der Waals surface area contributed by atoms with Gasteiger partial charge in [-0.15, -0.1) is 0 Å². The summed E-state index contributed by atoms with van der Waals surface area (Å²) in [6, 6.07) is 5.16. The molecule has 16 heavy (non-hydrogen) atoms. The molecular weight excluding hydrogens is 224 g/mol. The molecule has 0 saturated heterocycles. The van der Waals surface area contributed by atoms with E-state index in [1.54, 1.807) is 25.3 Å². The molecule has 1 unspecified atom stereocenters. The van der Waals surface area contributed by atoms with Gasteiger partial charge in [0.1, 0.15) is 5.75 Å². The van der Waals surface area contributed by atoms with Crippen LogP contribution in [-0.2, 0) is 0 Å². The van der Waals surface area contributed by atoms with Crippen LogP contribution < -0.4 is 4.74 Å². The maximum absolute atomic E-state index is 12.0. The molecule has 0 N–H and O–H groups in total. The minimum absolute atomic E-state index is 0.0517. The summed E-state index contributed by atoms with van der Waals surface area (Å²) in [5.41, 5.74) is 0.669. The lowest BCUT2D eigenvalue weighted by atomic mass is 9.95. The first kappa shape index (κ1) is 13.0. The SMILES string of the molecule is CCCC(C)C(=O)c1ccc(Cl)c(OC)c1. The van der Waals surface area contributed by atoms with Crippen molar-refractivity contribution in [2.45, 2.75) is 26.7 Å². The molecule has 1 atom stereocenters. The number of hydrogen-bond donors (Lipinski definition) is 0. The van der Waals surface area contributed by atoms with Crippen molar-refractivity contribution < 1.29 is 9.53 Å². The third kappa shape index (κ3) is 2.99. The Morgan fingerprint density at radius 3 is 2.75 bits per heavy atom. The van der Waals surface area contributed by atoms with Crippen LogP contribution >= 0.6 is 11.6 Å². The van der Waals surface area contributed by atoms with Crippen LogP contribution in [0.1, 0.15) is 37.0 Å². The Balaban J connectivity index is 2.92. The highest BCUT2D eigenvalue weighted by molar-refractivity contribution is 6.32. The molecule has 0 radical (unpaired) electrons. The highest BCUT2D eigenvalue weighted by atomic mass is 35.5. The van der Waals surface area contributed by atoms with Crippen LogP contribution in [0.5, 0.6) is 5.75 Å². The molecule has 0 aromatic heterocycles. The third-order valence-electron chi connectivity index (χ3n) is 2.60. The monoisotopic (exact) mass is 240 g/mol. The Kier molecular flexibility index (Phi) is 4.81. The number of benzene rings is 1. The van der Waals surface area contributed by atoms with Crippen molar-refractivity contribution in [3.8, 4) is 5.75 Å². The van der Waals surface area contributed by atoms with Crippen LogP contribution in [0.2, 0.25) is 5.02 Å². The number of ether oxygens (including phenoxy) is 1. The van der Waals surface area contributed by atoms with Crippen LogP contribution in [0.3, 0.4) is 0 Å². The zero-order chi connectivity index (χ0) is 12.1. The number of hydrogen-bond acceptors (Lipinski definition) is 2. The zero-order valence-electron chi connectivity index (χ0n) is 9.92. The lowest BCUT2D eigenvalue weighted by Gasteiger charge is -2.10. The summed E-state index contributed by atoms with van der Waals surface area (Å²) >= 11 is 5.91. The smallest absolute Gasteiger partial charge is 0.165 e. The molecule has 0 aliphatic heterocycles. The molecule has 2 nitrogen and oxygen atoms in total. The van der Waals surface area contributed by atoms with Gasteiger partial charge < -0.3 is 4.74 Å². The van der Waals surface area contributed by atoms with Crippen LogP contribution in [0, 0.1) is 5.92 Å². The van der Waals surface area contributed by atoms with Gasteiger partial charge in [0.15, 0.2) is 5.78 Å². The fourth-order valence-corrected chi connectivity index (χ4v) is 1.86. The minimum atomic E-state index is 0.0517. The van der Waals surface area contributed by atoms with Crippen LogP contribution in [-0.4, -0.2) is 12.9 Å². The fourth-order valence-electron chi connectivity index (χ4n) is 1.66. The number of rotatable bonds is 5. The van der Waals surface area contributed by atoms with Gasteiger partial charge >= 0.3 is 0 Å². The Morgan fingerprint density at radius 1 is 1.50 bits per heavy atom. The first-order valence-electron chi connectivity index (χ1n) is 5.47. The number of carbonyl (C=O) groups excluding carboxylic acids is 1. The molecule has 0 fully saturated rings. The van der Waals surface area contributed by atoms with Gasteiger partial charge in [-0.2, -0.15) is 0 Å². The second kappa shape index (κ2) is 5.90. The largest absolute Gasteiger partial charge is 0.495 e. The molecule has 1 aromatic rings. The molecule has 88 valence electrons. The first-order valence-corrected chi connectivity index (χ1v) is 5.85. The Labute approximate surface area is 102 Å². The summed E-state index contributed by atoms with van der Waals surface area (Å²) in [4.78, 5) is 12.0. The first-order chi connectivity index (χ1) is 7.60. The van der Waals surface area contributed by atoms with Gasteiger partial charge in [-0.25, -0.2) is 0 Å². The molecule has 0 bridgehead atoms. The predicted molar refractivity (Wildman–Crippen MR) is 66.4 cm³/mol. The summed E-state index contributed by atoms with van der Waals surface area (Å²) in [5, 5.41) is 0.530.